The number of hydrogen-bond donors (Lipinski definition) is 2. The van der Waals surface area contributed by atoms with E-state index in [1.165, 1.54) is 29.9 Å². The highest BCUT2D eigenvalue weighted by atomic mass is 32.2. The molecule has 0 atom stereocenters. The van der Waals surface area contributed by atoms with Gasteiger partial charge in [-0.25, -0.2) is 13.1 Å². The number of benzene rings is 1. The molecule has 2 aromatic rings. The van der Waals surface area contributed by atoms with E-state index in [1.54, 1.807) is 12.1 Å². The number of rotatable bonds is 10. The first-order chi connectivity index (χ1) is 12.0. The van der Waals surface area contributed by atoms with Crippen molar-refractivity contribution in [1.29, 1.82) is 0 Å². The molecule has 1 heterocycles. The van der Waals surface area contributed by atoms with Gasteiger partial charge in [-0.1, -0.05) is 32.3 Å². The van der Waals surface area contributed by atoms with Gasteiger partial charge in [-0.3, -0.25) is 4.79 Å². The molecule has 2 N–H and O–H groups in total. The second-order valence-corrected chi connectivity index (χ2v) is 8.54. The molecule has 0 radical (unpaired) electrons. The minimum Gasteiger partial charge on any atom is -0.352 e. The van der Waals surface area contributed by atoms with Gasteiger partial charge < -0.3 is 5.32 Å². The highest BCUT2D eigenvalue weighted by Crippen LogP contribution is 2.13. The summed E-state index contributed by atoms with van der Waals surface area (Å²) in [5, 5.41) is 4.76. The van der Waals surface area contributed by atoms with Crippen LogP contribution in [-0.2, 0) is 16.6 Å². The first-order valence-corrected chi connectivity index (χ1v) is 10.8. The molecule has 1 aromatic carbocycles. The van der Waals surface area contributed by atoms with Crippen molar-refractivity contribution in [2.45, 2.75) is 44.0 Å². The van der Waals surface area contributed by atoms with Crippen molar-refractivity contribution in [1.82, 2.24) is 10.0 Å². The topological polar surface area (TPSA) is 75.3 Å². The lowest BCUT2D eigenvalue weighted by molar-refractivity contribution is 0.0953. The zero-order valence-corrected chi connectivity index (χ0v) is 16.0. The Morgan fingerprint density at radius 2 is 1.84 bits per heavy atom. The van der Waals surface area contributed by atoms with Crippen LogP contribution in [0.2, 0.25) is 0 Å². The van der Waals surface area contributed by atoms with Crippen molar-refractivity contribution in [3.63, 3.8) is 0 Å². The van der Waals surface area contributed by atoms with E-state index in [2.05, 4.69) is 17.0 Å². The summed E-state index contributed by atoms with van der Waals surface area (Å²) in [6, 6.07) is 9.76. The maximum Gasteiger partial charge on any atom is 0.251 e. The van der Waals surface area contributed by atoms with Gasteiger partial charge in [0.1, 0.15) is 0 Å². The third-order valence-electron chi connectivity index (χ3n) is 3.76. The molecule has 5 nitrogen and oxygen atoms in total. The van der Waals surface area contributed by atoms with Gasteiger partial charge in [0.15, 0.2) is 0 Å². The molecule has 7 heteroatoms. The van der Waals surface area contributed by atoms with E-state index >= 15 is 0 Å². The van der Waals surface area contributed by atoms with Crippen LogP contribution in [0.25, 0.3) is 0 Å². The SMILES string of the molecule is CCCCCCNC(=O)c1ccc(S(=O)(=O)NCc2cccs2)cc1. The fourth-order valence-electron chi connectivity index (χ4n) is 2.30. The predicted molar refractivity (Wildman–Crippen MR) is 101 cm³/mol. The molecule has 0 unspecified atom stereocenters. The Morgan fingerprint density at radius 1 is 1.08 bits per heavy atom. The van der Waals surface area contributed by atoms with Crippen molar-refractivity contribution < 1.29 is 13.2 Å². The minimum atomic E-state index is -3.58. The largest absolute Gasteiger partial charge is 0.352 e. The predicted octanol–water partition coefficient (Wildman–Crippen LogP) is 3.54. The van der Waals surface area contributed by atoms with Crippen LogP contribution < -0.4 is 10.0 Å². The van der Waals surface area contributed by atoms with Crippen LogP contribution in [0.1, 0.15) is 47.8 Å². The van der Waals surface area contributed by atoms with Crippen LogP contribution in [0.5, 0.6) is 0 Å². The summed E-state index contributed by atoms with van der Waals surface area (Å²) in [4.78, 5) is 13.1. The third kappa shape index (κ3) is 6.26. The van der Waals surface area contributed by atoms with E-state index in [4.69, 9.17) is 0 Å². The lowest BCUT2D eigenvalue weighted by Crippen LogP contribution is -2.25. The molecule has 1 aromatic heterocycles. The van der Waals surface area contributed by atoms with Crippen LogP contribution in [0.3, 0.4) is 0 Å². The normalized spacial score (nSPS) is 11.4. The molecular formula is C18H24N2O3S2. The van der Waals surface area contributed by atoms with E-state index in [0.29, 0.717) is 12.1 Å². The van der Waals surface area contributed by atoms with Crippen molar-refractivity contribution in [3.8, 4) is 0 Å². The van der Waals surface area contributed by atoms with Crippen LogP contribution in [0.15, 0.2) is 46.7 Å². The maximum atomic E-state index is 12.3. The van der Waals surface area contributed by atoms with Gasteiger partial charge in [0.05, 0.1) is 4.90 Å². The summed E-state index contributed by atoms with van der Waals surface area (Å²) < 4.78 is 27.1. The van der Waals surface area contributed by atoms with Crippen molar-refractivity contribution in [2.75, 3.05) is 6.54 Å². The molecule has 1 amide bonds. The number of amides is 1. The summed E-state index contributed by atoms with van der Waals surface area (Å²) >= 11 is 1.50. The molecule has 0 aliphatic rings. The summed E-state index contributed by atoms with van der Waals surface area (Å²) in [5.41, 5.74) is 0.465. The highest BCUT2D eigenvalue weighted by Gasteiger charge is 2.15. The van der Waals surface area contributed by atoms with Crippen LogP contribution in [0, 0.1) is 0 Å². The van der Waals surface area contributed by atoms with Gasteiger partial charge in [-0.2, -0.15) is 0 Å². The summed E-state index contributed by atoms with van der Waals surface area (Å²) in [6.07, 6.45) is 4.38. The molecule has 0 saturated carbocycles. The molecule has 2 rings (SSSR count). The lowest BCUT2D eigenvalue weighted by Gasteiger charge is -2.08. The lowest BCUT2D eigenvalue weighted by atomic mass is 10.2. The Hall–Kier alpha value is -1.70. The standard InChI is InChI=1S/C18H24N2O3S2/c1-2-3-4-5-12-19-18(21)15-8-10-17(11-9-15)25(22,23)20-14-16-7-6-13-24-16/h6-11,13,20H,2-5,12,14H2,1H3,(H,19,21). The number of thiophene rings is 1. The van der Waals surface area contributed by atoms with Crippen molar-refractivity contribution >= 4 is 27.3 Å². The molecule has 0 bridgehead atoms. The number of unbranched alkanes of at least 4 members (excludes halogenated alkanes) is 3. The second-order valence-electron chi connectivity index (χ2n) is 5.74. The van der Waals surface area contributed by atoms with Gasteiger partial charge in [0.2, 0.25) is 10.0 Å². The van der Waals surface area contributed by atoms with Gasteiger partial charge in [-0.15, -0.1) is 11.3 Å². The fraction of sp³-hybridized carbons (Fsp3) is 0.389. The third-order valence-corrected chi connectivity index (χ3v) is 6.05. The van der Waals surface area contributed by atoms with E-state index in [0.717, 1.165) is 24.1 Å². The molecular weight excluding hydrogens is 356 g/mol. The Bertz CT molecular complexity index is 754. The number of nitrogens with one attached hydrogen (secondary N) is 2. The van der Waals surface area contributed by atoms with E-state index < -0.39 is 10.0 Å². The van der Waals surface area contributed by atoms with Crippen LogP contribution in [-0.4, -0.2) is 20.9 Å². The number of carbonyl (C=O) groups excluding carboxylic acids is 1. The molecule has 0 spiro atoms. The average Bonchev–Trinajstić information content (AvgIpc) is 3.13. The summed E-state index contributed by atoms with van der Waals surface area (Å²) in [5.74, 6) is -0.174. The average molecular weight is 381 g/mol. The van der Waals surface area contributed by atoms with Gasteiger partial charge in [0.25, 0.3) is 5.91 Å². The first-order valence-electron chi connectivity index (χ1n) is 8.43. The smallest absolute Gasteiger partial charge is 0.251 e. The number of carbonyl (C=O) groups is 1. The second kappa shape index (κ2) is 9.70. The summed E-state index contributed by atoms with van der Waals surface area (Å²) in [7, 11) is -3.58. The Kier molecular flexibility index (Phi) is 7.61. The van der Waals surface area contributed by atoms with Crippen molar-refractivity contribution in [2.24, 2.45) is 0 Å². The van der Waals surface area contributed by atoms with E-state index in [-0.39, 0.29) is 17.3 Å². The monoisotopic (exact) mass is 380 g/mol. The first kappa shape index (κ1) is 19.6. The quantitative estimate of drug-likeness (QED) is 0.619. The van der Waals surface area contributed by atoms with E-state index in [9.17, 15) is 13.2 Å². The van der Waals surface area contributed by atoms with Gasteiger partial charge in [0, 0.05) is 23.5 Å². The number of hydrogen-bond acceptors (Lipinski definition) is 4. The molecule has 0 fully saturated rings. The highest BCUT2D eigenvalue weighted by molar-refractivity contribution is 7.89. The van der Waals surface area contributed by atoms with Crippen LogP contribution >= 0.6 is 11.3 Å². The maximum absolute atomic E-state index is 12.3. The Morgan fingerprint density at radius 3 is 2.48 bits per heavy atom. The van der Waals surface area contributed by atoms with E-state index in [1.807, 2.05) is 17.5 Å². The zero-order chi connectivity index (χ0) is 18.1. The van der Waals surface area contributed by atoms with Gasteiger partial charge in [-0.05, 0) is 42.1 Å². The zero-order valence-electron chi connectivity index (χ0n) is 14.3. The molecule has 0 aliphatic carbocycles. The van der Waals surface area contributed by atoms with Crippen molar-refractivity contribution in [3.05, 3.63) is 52.2 Å². The molecule has 0 saturated heterocycles. The van der Waals surface area contributed by atoms with Crippen LogP contribution in [0.4, 0.5) is 0 Å². The van der Waals surface area contributed by atoms with Gasteiger partial charge >= 0.3 is 0 Å². The minimum absolute atomic E-state index is 0.156. The Balaban J connectivity index is 1.88. The molecule has 136 valence electrons. The number of sulfonamides is 1. The fourth-order valence-corrected chi connectivity index (χ4v) is 4.05. The summed E-state index contributed by atoms with van der Waals surface area (Å²) in [6.45, 7) is 3.05. The molecule has 0 aliphatic heterocycles. The molecule has 25 heavy (non-hydrogen) atoms. The Labute approximate surface area is 153 Å².